The van der Waals surface area contributed by atoms with Crippen LogP contribution in [0.2, 0.25) is 0 Å². The van der Waals surface area contributed by atoms with Crippen LogP contribution in [0.15, 0.2) is 72.8 Å². The Bertz CT molecular complexity index is 1110. The molecule has 0 spiro atoms. The zero-order chi connectivity index (χ0) is 23.4. The van der Waals surface area contributed by atoms with E-state index in [1.165, 1.54) is 0 Å². The Morgan fingerprint density at radius 2 is 1.34 bits per heavy atom. The molecule has 0 aliphatic carbocycles. The van der Waals surface area contributed by atoms with Crippen molar-refractivity contribution in [3.05, 3.63) is 83.9 Å². The number of benzene rings is 3. The topological polar surface area (TPSA) is 59.3 Å². The zero-order valence-electron chi connectivity index (χ0n) is 18.5. The third-order valence-corrected chi connectivity index (χ3v) is 6.58. The number of esters is 1. The molecule has 3 rings (SSSR count). The van der Waals surface area contributed by atoms with Gasteiger partial charge in [0, 0.05) is 3.16 Å². The van der Waals surface area contributed by atoms with E-state index in [1.54, 1.807) is 36.4 Å². The van der Waals surface area contributed by atoms with Crippen LogP contribution in [0.5, 0.6) is 11.5 Å². The number of ether oxygens (including phenoxy) is 2. The van der Waals surface area contributed by atoms with Gasteiger partial charge in [0.1, 0.15) is 16.8 Å². The number of halogens is 1. The van der Waals surface area contributed by atoms with Crippen molar-refractivity contribution in [2.75, 3.05) is 0 Å². The molecular formula is C26H25INO3P. The maximum Gasteiger partial charge on any atom is 0.343 e. The summed E-state index contributed by atoms with van der Waals surface area (Å²) in [6, 6.07) is 23.8. The van der Waals surface area contributed by atoms with Crippen LogP contribution in [-0.2, 0) is 0 Å². The minimum Gasteiger partial charge on any atom is -0.484 e. The number of carbonyl (C=O) groups excluding carboxylic acids is 1. The minimum atomic E-state index is -0.439. The van der Waals surface area contributed by atoms with E-state index in [4.69, 9.17) is 14.7 Å². The smallest absolute Gasteiger partial charge is 0.343 e. The molecule has 0 heterocycles. The summed E-state index contributed by atoms with van der Waals surface area (Å²) in [5.74, 6) is 0.809. The van der Waals surface area contributed by atoms with Crippen molar-refractivity contribution >= 4 is 37.1 Å². The first-order chi connectivity index (χ1) is 15.0. The second kappa shape index (κ2) is 10.0. The molecule has 1 atom stereocenters. The van der Waals surface area contributed by atoms with Gasteiger partial charge in [0.2, 0.25) is 0 Å². The Labute approximate surface area is 204 Å². The maximum absolute atomic E-state index is 12.4. The van der Waals surface area contributed by atoms with Crippen molar-refractivity contribution in [2.45, 2.75) is 36.2 Å². The van der Waals surface area contributed by atoms with E-state index < -0.39 is 5.97 Å². The van der Waals surface area contributed by atoms with Gasteiger partial charge in [-0.05, 0) is 87.4 Å². The Kier molecular flexibility index (Phi) is 7.59. The highest BCUT2D eigenvalue weighted by molar-refractivity contribution is 14.1. The molecule has 0 bridgehead atoms. The van der Waals surface area contributed by atoms with Gasteiger partial charge in [-0.25, -0.2) is 4.79 Å². The lowest BCUT2D eigenvalue weighted by Crippen LogP contribution is -2.26. The van der Waals surface area contributed by atoms with Crippen molar-refractivity contribution < 1.29 is 14.3 Å². The van der Waals surface area contributed by atoms with Gasteiger partial charge in [0.15, 0.2) is 0 Å². The van der Waals surface area contributed by atoms with Crippen LogP contribution in [-0.4, -0.2) is 14.5 Å². The van der Waals surface area contributed by atoms with Gasteiger partial charge >= 0.3 is 5.97 Å². The molecule has 0 radical (unpaired) electrons. The van der Waals surface area contributed by atoms with E-state index in [2.05, 4.69) is 50.3 Å². The van der Waals surface area contributed by atoms with Gasteiger partial charge in [0.05, 0.1) is 17.2 Å². The molecule has 0 aromatic heterocycles. The highest BCUT2D eigenvalue weighted by atomic mass is 127. The van der Waals surface area contributed by atoms with Crippen molar-refractivity contribution in [1.82, 2.24) is 0 Å². The molecule has 0 fully saturated rings. The number of hydrogen-bond donors (Lipinski definition) is 0. The summed E-state index contributed by atoms with van der Waals surface area (Å²) in [6.07, 6.45) is 0. The molecule has 0 saturated heterocycles. The number of nitrogens with zero attached hydrogens (tertiary/aromatic N) is 1. The van der Waals surface area contributed by atoms with Crippen molar-refractivity contribution in [3.63, 3.8) is 0 Å². The average molecular weight is 557 g/mol. The molecule has 4 nitrogen and oxygen atoms in total. The Hall–Kier alpha value is -2.42. The first kappa shape index (κ1) is 24.2. The summed E-state index contributed by atoms with van der Waals surface area (Å²) < 4.78 is 11.8. The number of carbonyl (C=O) groups is 1. The molecule has 3 aromatic carbocycles. The van der Waals surface area contributed by atoms with Crippen molar-refractivity contribution in [2.24, 2.45) is 0 Å². The van der Waals surface area contributed by atoms with Gasteiger partial charge < -0.3 is 9.47 Å². The lowest BCUT2D eigenvalue weighted by molar-refractivity contribution is 0.0734. The second-order valence-corrected chi connectivity index (χ2v) is 14.8. The Balaban J connectivity index is 1.65. The predicted octanol–water partition coefficient (Wildman–Crippen LogP) is 7.41. The molecule has 0 saturated carbocycles. The van der Waals surface area contributed by atoms with Gasteiger partial charge in [-0.15, -0.1) is 0 Å². The fourth-order valence-corrected chi connectivity index (χ4v) is 6.86. The summed E-state index contributed by atoms with van der Waals surface area (Å²) >= 11 is 2.46. The van der Waals surface area contributed by atoms with E-state index in [0.717, 1.165) is 16.9 Å². The summed E-state index contributed by atoms with van der Waals surface area (Å²) in [5, 5.41) is 8.62. The van der Waals surface area contributed by atoms with Crippen LogP contribution in [0.1, 0.15) is 43.6 Å². The van der Waals surface area contributed by atoms with Crippen LogP contribution < -0.4 is 9.47 Å². The van der Waals surface area contributed by atoms with Crippen molar-refractivity contribution in [3.8, 4) is 28.7 Å². The number of hydrogen-bond acceptors (Lipinski definition) is 4. The van der Waals surface area contributed by atoms with Crippen molar-refractivity contribution in [1.29, 1.82) is 5.26 Å². The molecular weight excluding hydrogens is 532 g/mol. The van der Waals surface area contributed by atoms with Gasteiger partial charge in [0.25, 0.3) is 0 Å². The fraction of sp³-hybridized carbons (Fsp3) is 0.231. The highest BCUT2D eigenvalue weighted by Gasteiger charge is 2.28. The lowest BCUT2D eigenvalue weighted by atomic mass is 10.0. The Morgan fingerprint density at radius 3 is 1.84 bits per heavy atom. The third-order valence-electron chi connectivity index (χ3n) is 4.47. The summed E-state index contributed by atoms with van der Waals surface area (Å²) in [7, 11) is 0.655. The molecule has 0 amide bonds. The molecule has 32 heavy (non-hydrogen) atoms. The summed E-state index contributed by atoms with van der Waals surface area (Å²) in [4.78, 5) is 12.4. The van der Waals surface area contributed by atoms with Gasteiger partial charge in [-0.3, -0.25) is 0 Å². The average Bonchev–Trinajstić information content (AvgIpc) is 2.73. The largest absolute Gasteiger partial charge is 0.484 e. The van der Waals surface area contributed by atoms with Crippen LogP contribution >= 0.6 is 31.2 Å². The normalized spacial score (nSPS) is 11.9. The SMILES string of the molecule is CC(C)(I)PC(C)(C)Oc1ccc(-c2ccc(C(=O)Oc3ccc(C#N)cc3)cc2)cc1. The van der Waals surface area contributed by atoms with E-state index in [9.17, 15) is 4.79 Å². The van der Waals surface area contributed by atoms with E-state index in [1.807, 2.05) is 42.5 Å². The molecule has 3 aromatic rings. The quantitative estimate of drug-likeness (QED) is 0.0999. The monoisotopic (exact) mass is 557 g/mol. The number of nitriles is 1. The van der Waals surface area contributed by atoms with E-state index in [0.29, 0.717) is 25.5 Å². The highest BCUT2D eigenvalue weighted by Crippen LogP contribution is 2.47. The standard InChI is InChI=1S/C26H25INO3P/c1-25(2,27)32-26(3,4)31-23-15-11-20(12-16-23)19-7-9-21(10-8-19)24(29)30-22-13-5-18(17-28)6-14-22/h5-16,32H,1-4H3. The third kappa shape index (κ3) is 7.05. The van der Waals surface area contributed by atoms with Gasteiger partial charge in [-0.1, -0.05) is 55.4 Å². The fourth-order valence-electron chi connectivity index (χ4n) is 3.31. The van der Waals surface area contributed by atoms with Crippen LogP contribution in [0.25, 0.3) is 11.1 Å². The Morgan fingerprint density at radius 1 is 0.844 bits per heavy atom. The minimum absolute atomic E-state index is 0.185. The molecule has 0 N–H and O–H groups in total. The van der Waals surface area contributed by atoms with Crippen LogP contribution in [0, 0.1) is 11.3 Å². The number of alkyl halides is 1. The molecule has 1 unspecified atom stereocenters. The van der Waals surface area contributed by atoms with E-state index in [-0.39, 0.29) is 8.50 Å². The first-order valence-electron chi connectivity index (χ1n) is 10.1. The van der Waals surface area contributed by atoms with Gasteiger partial charge in [-0.2, -0.15) is 5.26 Å². The zero-order valence-corrected chi connectivity index (χ0v) is 21.6. The second-order valence-electron chi connectivity index (χ2n) is 8.34. The molecule has 0 aliphatic heterocycles. The summed E-state index contributed by atoms with van der Waals surface area (Å²) in [6.45, 7) is 8.67. The predicted molar refractivity (Wildman–Crippen MR) is 139 cm³/mol. The van der Waals surface area contributed by atoms with Crippen LogP contribution in [0.3, 0.4) is 0 Å². The molecule has 164 valence electrons. The lowest BCUT2D eigenvalue weighted by Gasteiger charge is -2.32. The molecule has 0 aliphatic rings. The van der Waals surface area contributed by atoms with E-state index >= 15 is 0 Å². The molecule has 6 heteroatoms. The van der Waals surface area contributed by atoms with Crippen LogP contribution in [0.4, 0.5) is 0 Å². The number of rotatable bonds is 7. The maximum atomic E-state index is 12.4. The first-order valence-corrected chi connectivity index (χ1v) is 12.2. The summed E-state index contributed by atoms with van der Waals surface area (Å²) in [5.41, 5.74) is 3.02.